The SMILES string of the molecule is CCCNC(=O)c1cccc(CNC(=NC)NCc2ccc(F)c(C)c2)c1.I. The first-order valence-electron chi connectivity index (χ1n) is 9.10. The minimum absolute atomic E-state index is 0. The fourth-order valence-corrected chi connectivity index (χ4v) is 2.57. The molecule has 0 atom stereocenters. The molecule has 0 unspecified atom stereocenters. The molecule has 0 spiro atoms. The molecule has 0 aliphatic rings. The Bertz CT molecular complexity index is 811. The Balaban J connectivity index is 0.00000392. The molecule has 0 saturated carbocycles. The third-order valence-corrected chi connectivity index (χ3v) is 4.09. The van der Waals surface area contributed by atoms with Crippen LogP contribution in [0.4, 0.5) is 4.39 Å². The maximum Gasteiger partial charge on any atom is 0.251 e. The summed E-state index contributed by atoms with van der Waals surface area (Å²) in [7, 11) is 1.69. The van der Waals surface area contributed by atoms with Crippen molar-refractivity contribution in [2.75, 3.05) is 13.6 Å². The van der Waals surface area contributed by atoms with Crippen LogP contribution in [0.1, 0.15) is 40.4 Å². The van der Waals surface area contributed by atoms with E-state index in [2.05, 4.69) is 20.9 Å². The number of hydrogen-bond donors (Lipinski definition) is 3. The first-order chi connectivity index (χ1) is 13.0. The topological polar surface area (TPSA) is 65.5 Å². The minimum Gasteiger partial charge on any atom is -0.352 e. The van der Waals surface area contributed by atoms with Crippen LogP contribution in [0.3, 0.4) is 0 Å². The summed E-state index contributed by atoms with van der Waals surface area (Å²) in [5.41, 5.74) is 3.23. The Kier molecular flexibility index (Phi) is 10.5. The Labute approximate surface area is 183 Å². The van der Waals surface area contributed by atoms with Gasteiger partial charge < -0.3 is 16.0 Å². The monoisotopic (exact) mass is 498 g/mol. The maximum absolute atomic E-state index is 13.3. The van der Waals surface area contributed by atoms with E-state index in [1.807, 2.05) is 31.2 Å². The van der Waals surface area contributed by atoms with Gasteiger partial charge in [-0.15, -0.1) is 24.0 Å². The molecule has 28 heavy (non-hydrogen) atoms. The van der Waals surface area contributed by atoms with E-state index in [-0.39, 0.29) is 35.7 Å². The third-order valence-electron chi connectivity index (χ3n) is 4.09. The first kappa shape index (κ1) is 23.9. The van der Waals surface area contributed by atoms with Gasteiger partial charge in [0.2, 0.25) is 0 Å². The Morgan fingerprint density at radius 1 is 1.04 bits per heavy atom. The second kappa shape index (κ2) is 12.3. The zero-order valence-electron chi connectivity index (χ0n) is 16.5. The van der Waals surface area contributed by atoms with Gasteiger partial charge in [-0.1, -0.05) is 31.2 Å². The molecule has 2 aromatic rings. The molecule has 7 heteroatoms. The van der Waals surface area contributed by atoms with E-state index in [1.165, 1.54) is 6.07 Å². The van der Waals surface area contributed by atoms with E-state index >= 15 is 0 Å². The van der Waals surface area contributed by atoms with Crippen molar-refractivity contribution in [1.82, 2.24) is 16.0 Å². The lowest BCUT2D eigenvalue weighted by Gasteiger charge is -2.13. The predicted octanol–water partition coefficient (Wildman–Crippen LogP) is 3.76. The fraction of sp³-hybridized carbons (Fsp3) is 0.333. The van der Waals surface area contributed by atoms with Crippen LogP contribution in [-0.2, 0) is 13.1 Å². The van der Waals surface area contributed by atoms with Crippen molar-refractivity contribution >= 4 is 35.8 Å². The second-order valence-electron chi connectivity index (χ2n) is 6.32. The molecule has 3 N–H and O–H groups in total. The molecular formula is C21H28FIN4O. The molecule has 0 heterocycles. The number of nitrogens with zero attached hydrogens (tertiary/aromatic N) is 1. The number of nitrogens with one attached hydrogen (secondary N) is 3. The number of hydrogen-bond acceptors (Lipinski definition) is 2. The molecule has 0 radical (unpaired) electrons. The number of aryl methyl sites for hydroxylation is 1. The molecular weight excluding hydrogens is 470 g/mol. The van der Waals surface area contributed by atoms with E-state index in [1.54, 1.807) is 26.1 Å². The van der Waals surface area contributed by atoms with Crippen molar-refractivity contribution < 1.29 is 9.18 Å². The predicted molar refractivity (Wildman–Crippen MR) is 123 cm³/mol. The molecule has 0 aliphatic carbocycles. The van der Waals surface area contributed by atoms with E-state index in [0.717, 1.165) is 17.5 Å². The molecule has 0 bridgehead atoms. The van der Waals surface area contributed by atoms with E-state index in [4.69, 9.17) is 0 Å². The number of carbonyl (C=O) groups is 1. The summed E-state index contributed by atoms with van der Waals surface area (Å²) in [6.45, 7) is 5.51. The van der Waals surface area contributed by atoms with E-state index in [9.17, 15) is 9.18 Å². The Morgan fingerprint density at radius 3 is 2.32 bits per heavy atom. The normalized spacial score (nSPS) is 10.8. The average molecular weight is 498 g/mol. The number of aliphatic imine (C=N–C) groups is 1. The minimum atomic E-state index is -0.205. The number of benzene rings is 2. The summed E-state index contributed by atoms with van der Waals surface area (Å²) in [6, 6.07) is 12.5. The highest BCUT2D eigenvalue weighted by atomic mass is 127. The Hall–Kier alpha value is -2.16. The van der Waals surface area contributed by atoms with Gasteiger partial charge in [0.1, 0.15) is 5.82 Å². The van der Waals surface area contributed by atoms with Gasteiger partial charge in [0.25, 0.3) is 5.91 Å². The lowest BCUT2D eigenvalue weighted by atomic mass is 10.1. The van der Waals surface area contributed by atoms with Crippen molar-refractivity contribution in [1.29, 1.82) is 0 Å². The molecule has 0 aliphatic heterocycles. The van der Waals surface area contributed by atoms with Gasteiger partial charge in [0.05, 0.1) is 0 Å². The average Bonchev–Trinajstić information content (AvgIpc) is 2.69. The Morgan fingerprint density at radius 2 is 1.71 bits per heavy atom. The van der Waals surface area contributed by atoms with Crippen LogP contribution in [0.2, 0.25) is 0 Å². The van der Waals surface area contributed by atoms with Crippen LogP contribution in [0.25, 0.3) is 0 Å². The molecule has 2 rings (SSSR count). The van der Waals surface area contributed by atoms with Crippen LogP contribution >= 0.6 is 24.0 Å². The first-order valence-corrected chi connectivity index (χ1v) is 9.10. The highest BCUT2D eigenvalue weighted by Gasteiger charge is 2.06. The number of rotatable bonds is 7. The molecule has 0 aromatic heterocycles. The molecule has 5 nitrogen and oxygen atoms in total. The van der Waals surface area contributed by atoms with E-state index in [0.29, 0.717) is 36.7 Å². The van der Waals surface area contributed by atoms with Crippen molar-refractivity contribution in [3.05, 3.63) is 70.5 Å². The molecule has 2 aromatic carbocycles. The second-order valence-corrected chi connectivity index (χ2v) is 6.32. The molecule has 1 amide bonds. The lowest BCUT2D eigenvalue weighted by molar-refractivity contribution is 0.0953. The van der Waals surface area contributed by atoms with Gasteiger partial charge in [-0.05, 0) is 48.2 Å². The fourth-order valence-electron chi connectivity index (χ4n) is 2.57. The van der Waals surface area contributed by atoms with Crippen LogP contribution in [0.15, 0.2) is 47.5 Å². The van der Waals surface area contributed by atoms with Crippen LogP contribution in [0.5, 0.6) is 0 Å². The summed E-state index contributed by atoms with van der Waals surface area (Å²) in [5, 5.41) is 9.31. The van der Waals surface area contributed by atoms with Crippen molar-refractivity contribution in [3.8, 4) is 0 Å². The van der Waals surface area contributed by atoms with Crippen molar-refractivity contribution in [2.24, 2.45) is 4.99 Å². The summed E-state index contributed by atoms with van der Waals surface area (Å²) < 4.78 is 13.3. The van der Waals surface area contributed by atoms with Crippen LogP contribution < -0.4 is 16.0 Å². The number of amides is 1. The van der Waals surface area contributed by atoms with Crippen molar-refractivity contribution in [3.63, 3.8) is 0 Å². The maximum atomic E-state index is 13.3. The van der Waals surface area contributed by atoms with Crippen LogP contribution in [-0.4, -0.2) is 25.5 Å². The lowest BCUT2D eigenvalue weighted by Crippen LogP contribution is -2.36. The summed E-state index contributed by atoms with van der Waals surface area (Å²) in [6.07, 6.45) is 0.905. The summed E-state index contributed by atoms with van der Waals surface area (Å²) in [5.74, 6) is 0.370. The van der Waals surface area contributed by atoms with Gasteiger partial charge in [0, 0.05) is 32.2 Å². The third kappa shape index (κ3) is 7.46. The van der Waals surface area contributed by atoms with Gasteiger partial charge in [0.15, 0.2) is 5.96 Å². The van der Waals surface area contributed by atoms with Gasteiger partial charge in [-0.2, -0.15) is 0 Å². The highest BCUT2D eigenvalue weighted by molar-refractivity contribution is 14.0. The van der Waals surface area contributed by atoms with Gasteiger partial charge >= 0.3 is 0 Å². The zero-order valence-corrected chi connectivity index (χ0v) is 18.8. The standard InChI is InChI=1S/C21H27FN4O.HI/c1-4-10-24-20(27)18-7-5-6-16(12-18)13-25-21(23-3)26-14-17-8-9-19(22)15(2)11-17;/h5-9,11-12H,4,10,13-14H2,1-3H3,(H,24,27)(H2,23,25,26);1H. The van der Waals surface area contributed by atoms with Gasteiger partial charge in [-0.25, -0.2) is 4.39 Å². The molecule has 0 fully saturated rings. The molecule has 0 saturated heterocycles. The summed E-state index contributed by atoms with van der Waals surface area (Å²) >= 11 is 0. The largest absolute Gasteiger partial charge is 0.352 e. The smallest absolute Gasteiger partial charge is 0.251 e. The summed E-state index contributed by atoms with van der Waals surface area (Å²) in [4.78, 5) is 16.3. The number of guanidine groups is 1. The van der Waals surface area contributed by atoms with Crippen molar-refractivity contribution in [2.45, 2.75) is 33.4 Å². The number of halogens is 2. The zero-order chi connectivity index (χ0) is 19.6. The quantitative estimate of drug-likeness (QED) is 0.310. The van der Waals surface area contributed by atoms with Gasteiger partial charge in [-0.3, -0.25) is 9.79 Å². The van der Waals surface area contributed by atoms with Crippen LogP contribution in [0, 0.1) is 12.7 Å². The van der Waals surface area contributed by atoms with E-state index < -0.39 is 0 Å². The molecule has 152 valence electrons. The highest BCUT2D eigenvalue weighted by Crippen LogP contribution is 2.09. The number of carbonyl (C=O) groups excluding carboxylic acids is 1.